The van der Waals surface area contributed by atoms with Crippen LogP contribution in [0.3, 0.4) is 0 Å². The van der Waals surface area contributed by atoms with Crippen molar-refractivity contribution in [2.24, 2.45) is 10.7 Å². The Morgan fingerprint density at radius 2 is 2.00 bits per heavy atom. The van der Waals surface area contributed by atoms with E-state index in [-0.39, 0.29) is 11.4 Å². The van der Waals surface area contributed by atoms with Crippen molar-refractivity contribution >= 4 is 33.5 Å². The molecule has 0 aliphatic carbocycles. The summed E-state index contributed by atoms with van der Waals surface area (Å²) in [4.78, 5) is 26.5. The zero-order chi connectivity index (χ0) is 18.3. The molecule has 1 aliphatic rings. The SMILES string of the molecule is NC(=O)NCC(=O)Nc1cccc(S(=O)(=O)NC2=NCCCCC2)c1. The number of urea groups is 1. The predicted octanol–water partition coefficient (Wildman–Crippen LogP) is 0.544. The topological polar surface area (TPSA) is 143 Å². The maximum Gasteiger partial charge on any atom is 0.312 e. The van der Waals surface area contributed by atoms with Gasteiger partial charge in [-0.2, -0.15) is 0 Å². The molecule has 3 amide bonds. The normalized spacial score (nSPS) is 14.8. The number of nitrogens with two attached hydrogens (primary N) is 1. The molecule has 25 heavy (non-hydrogen) atoms. The average molecular weight is 367 g/mol. The fraction of sp³-hybridized carbons (Fsp3) is 0.400. The summed E-state index contributed by atoms with van der Waals surface area (Å²) in [5.74, 6) is -0.0629. The fourth-order valence-electron chi connectivity index (χ4n) is 2.29. The lowest BCUT2D eigenvalue weighted by molar-refractivity contribution is -0.115. The van der Waals surface area contributed by atoms with E-state index in [0.29, 0.717) is 24.5 Å². The lowest BCUT2D eigenvalue weighted by atomic mass is 10.2. The van der Waals surface area contributed by atoms with Gasteiger partial charge in [-0.15, -0.1) is 0 Å². The van der Waals surface area contributed by atoms with E-state index in [1.807, 2.05) is 0 Å². The molecule has 9 nitrogen and oxygen atoms in total. The van der Waals surface area contributed by atoms with Crippen molar-refractivity contribution in [3.05, 3.63) is 24.3 Å². The highest BCUT2D eigenvalue weighted by molar-refractivity contribution is 7.90. The number of rotatable bonds is 5. The minimum atomic E-state index is -3.78. The van der Waals surface area contributed by atoms with Gasteiger partial charge in [0.15, 0.2) is 0 Å². The Morgan fingerprint density at radius 1 is 1.20 bits per heavy atom. The van der Waals surface area contributed by atoms with Crippen LogP contribution < -0.4 is 21.1 Å². The number of anilines is 1. The van der Waals surface area contributed by atoms with E-state index in [4.69, 9.17) is 5.73 Å². The van der Waals surface area contributed by atoms with Gasteiger partial charge in [-0.05, 0) is 31.0 Å². The summed E-state index contributed by atoms with van der Waals surface area (Å²) in [6, 6.07) is 5.00. The number of primary amides is 1. The molecule has 0 saturated carbocycles. The van der Waals surface area contributed by atoms with Crippen LogP contribution in [-0.2, 0) is 14.8 Å². The highest BCUT2D eigenvalue weighted by atomic mass is 32.2. The van der Waals surface area contributed by atoms with Crippen molar-refractivity contribution in [3.63, 3.8) is 0 Å². The summed E-state index contributed by atoms with van der Waals surface area (Å²) >= 11 is 0. The summed E-state index contributed by atoms with van der Waals surface area (Å²) < 4.78 is 27.5. The number of nitrogens with one attached hydrogen (secondary N) is 3. The zero-order valence-electron chi connectivity index (χ0n) is 13.6. The second-order valence-electron chi connectivity index (χ2n) is 5.54. The molecule has 10 heteroatoms. The molecule has 1 aromatic carbocycles. The smallest absolute Gasteiger partial charge is 0.312 e. The third kappa shape index (κ3) is 6.07. The van der Waals surface area contributed by atoms with Crippen LogP contribution in [0.2, 0.25) is 0 Å². The van der Waals surface area contributed by atoms with Crippen LogP contribution >= 0.6 is 0 Å². The molecule has 1 aliphatic heterocycles. The molecule has 2 rings (SSSR count). The number of nitrogens with zero attached hydrogens (tertiary/aromatic N) is 1. The summed E-state index contributed by atoms with van der Waals surface area (Å²) in [6.07, 6.45) is 3.46. The summed E-state index contributed by atoms with van der Waals surface area (Å²) in [5, 5.41) is 4.64. The lowest BCUT2D eigenvalue weighted by Crippen LogP contribution is -2.36. The standard InChI is InChI=1S/C15H21N5O4S/c16-15(22)18-10-14(21)19-11-5-4-6-12(9-11)25(23,24)20-13-7-2-1-3-8-17-13/h4-6,9H,1-3,7-8,10H2,(H,17,20)(H,19,21)(H3,16,18,22). The lowest BCUT2D eigenvalue weighted by Gasteiger charge is -2.11. The third-order valence-corrected chi connectivity index (χ3v) is 4.86. The van der Waals surface area contributed by atoms with E-state index in [1.165, 1.54) is 18.2 Å². The highest BCUT2D eigenvalue weighted by Crippen LogP contribution is 2.16. The van der Waals surface area contributed by atoms with Gasteiger partial charge < -0.3 is 16.4 Å². The van der Waals surface area contributed by atoms with E-state index in [1.54, 1.807) is 6.07 Å². The maximum absolute atomic E-state index is 12.5. The van der Waals surface area contributed by atoms with E-state index >= 15 is 0 Å². The third-order valence-electron chi connectivity index (χ3n) is 3.48. The van der Waals surface area contributed by atoms with Crippen LogP contribution in [0, 0.1) is 0 Å². The zero-order valence-corrected chi connectivity index (χ0v) is 14.4. The van der Waals surface area contributed by atoms with Crippen molar-refractivity contribution in [1.82, 2.24) is 10.0 Å². The van der Waals surface area contributed by atoms with Gasteiger partial charge in [0, 0.05) is 18.7 Å². The van der Waals surface area contributed by atoms with Crippen LogP contribution in [-0.4, -0.2) is 39.3 Å². The molecule has 1 aromatic rings. The molecule has 0 spiro atoms. The largest absolute Gasteiger partial charge is 0.352 e. The second-order valence-corrected chi connectivity index (χ2v) is 7.22. The summed E-state index contributed by atoms with van der Waals surface area (Å²) in [7, 11) is -3.78. The summed E-state index contributed by atoms with van der Waals surface area (Å²) in [6.45, 7) is 0.308. The molecule has 0 aromatic heterocycles. The van der Waals surface area contributed by atoms with Gasteiger partial charge in [0.25, 0.3) is 10.0 Å². The summed E-state index contributed by atoms with van der Waals surface area (Å²) in [5.41, 5.74) is 5.18. The number of sulfonamides is 1. The molecular weight excluding hydrogens is 346 g/mol. The fourth-order valence-corrected chi connectivity index (χ4v) is 3.42. The Kier molecular flexibility index (Phi) is 6.34. The monoisotopic (exact) mass is 367 g/mol. The van der Waals surface area contributed by atoms with Gasteiger partial charge >= 0.3 is 6.03 Å². The predicted molar refractivity (Wildman–Crippen MR) is 93.7 cm³/mol. The number of carbonyl (C=O) groups is 2. The first-order valence-electron chi connectivity index (χ1n) is 7.86. The maximum atomic E-state index is 12.5. The molecule has 0 unspecified atom stereocenters. The Morgan fingerprint density at radius 3 is 2.76 bits per heavy atom. The Balaban J connectivity index is 2.07. The number of hydrogen-bond acceptors (Lipinski definition) is 5. The van der Waals surface area contributed by atoms with Crippen molar-refractivity contribution in [2.45, 2.75) is 30.6 Å². The van der Waals surface area contributed by atoms with Crippen molar-refractivity contribution in [1.29, 1.82) is 0 Å². The van der Waals surface area contributed by atoms with Crippen molar-refractivity contribution in [3.8, 4) is 0 Å². The van der Waals surface area contributed by atoms with Crippen LogP contribution in [0.4, 0.5) is 10.5 Å². The van der Waals surface area contributed by atoms with Gasteiger partial charge in [-0.25, -0.2) is 13.2 Å². The first-order valence-corrected chi connectivity index (χ1v) is 9.34. The molecule has 0 bridgehead atoms. The molecule has 136 valence electrons. The Bertz CT molecular complexity index is 776. The highest BCUT2D eigenvalue weighted by Gasteiger charge is 2.18. The molecule has 0 atom stereocenters. The number of carbonyl (C=O) groups excluding carboxylic acids is 2. The van der Waals surface area contributed by atoms with Crippen molar-refractivity contribution in [2.75, 3.05) is 18.4 Å². The minimum absolute atomic E-state index is 0.0140. The van der Waals surface area contributed by atoms with E-state index in [0.717, 1.165) is 19.3 Å². The molecular formula is C15H21N5O4S. The number of hydrogen-bond donors (Lipinski definition) is 4. The first-order chi connectivity index (χ1) is 11.9. The van der Waals surface area contributed by atoms with Crippen LogP contribution in [0.1, 0.15) is 25.7 Å². The van der Waals surface area contributed by atoms with Crippen molar-refractivity contribution < 1.29 is 18.0 Å². The second kappa shape index (κ2) is 8.47. The van der Waals surface area contributed by atoms with Crippen LogP contribution in [0.5, 0.6) is 0 Å². The van der Waals surface area contributed by atoms with E-state index in [2.05, 4.69) is 20.3 Å². The van der Waals surface area contributed by atoms with Crippen LogP contribution in [0.15, 0.2) is 34.2 Å². The molecule has 0 radical (unpaired) electrons. The minimum Gasteiger partial charge on any atom is -0.352 e. The molecule has 0 fully saturated rings. The Hall–Kier alpha value is -2.62. The number of benzene rings is 1. The molecule has 5 N–H and O–H groups in total. The first kappa shape index (κ1) is 18.7. The Labute approximate surface area is 146 Å². The van der Waals surface area contributed by atoms with Gasteiger partial charge in [0.2, 0.25) is 5.91 Å². The molecule has 1 heterocycles. The van der Waals surface area contributed by atoms with E-state index < -0.39 is 22.0 Å². The molecule has 0 saturated heterocycles. The quantitative estimate of drug-likeness (QED) is 0.602. The number of aliphatic imine (C=N–C) groups is 1. The van der Waals surface area contributed by atoms with Gasteiger partial charge in [-0.1, -0.05) is 12.5 Å². The average Bonchev–Trinajstić information content (AvgIpc) is 2.81. The van der Waals surface area contributed by atoms with E-state index in [9.17, 15) is 18.0 Å². The number of amidine groups is 1. The van der Waals surface area contributed by atoms with Gasteiger partial charge in [0.1, 0.15) is 5.84 Å². The number of amides is 3. The van der Waals surface area contributed by atoms with Crippen LogP contribution in [0.25, 0.3) is 0 Å². The van der Waals surface area contributed by atoms with Gasteiger partial charge in [-0.3, -0.25) is 14.5 Å². The van der Waals surface area contributed by atoms with Gasteiger partial charge in [0.05, 0.1) is 11.4 Å².